The minimum atomic E-state index is 0. The Hall–Kier alpha value is -0.0400. The van der Waals surface area contributed by atoms with Crippen molar-refractivity contribution in [2.45, 2.75) is 25.7 Å². The van der Waals surface area contributed by atoms with Crippen LogP contribution in [0.2, 0.25) is 0 Å². The van der Waals surface area contributed by atoms with Gasteiger partial charge < -0.3 is 15.4 Å². The van der Waals surface area contributed by atoms with Crippen LogP contribution in [0.3, 0.4) is 0 Å². The number of morpholine rings is 1. The van der Waals surface area contributed by atoms with Gasteiger partial charge in [0, 0.05) is 19.6 Å². The summed E-state index contributed by atoms with van der Waals surface area (Å²) >= 11 is 0. The molecule has 1 saturated heterocycles. The molecule has 3 rings (SSSR count). The molecule has 3 aliphatic rings. The van der Waals surface area contributed by atoms with Gasteiger partial charge in [0.05, 0.1) is 13.2 Å². The Kier molecular flexibility index (Phi) is 4.18. The third-order valence-electron chi connectivity index (χ3n) is 4.23. The van der Waals surface area contributed by atoms with Crippen LogP contribution in [0.1, 0.15) is 25.7 Å². The fourth-order valence-corrected chi connectivity index (χ4v) is 2.68. The summed E-state index contributed by atoms with van der Waals surface area (Å²) in [5.74, 6) is 1.70. The van der Waals surface area contributed by atoms with Gasteiger partial charge in [0.25, 0.3) is 0 Å². The van der Waals surface area contributed by atoms with E-state index >= 15 is 0 Å². The Bertz CT molecular complexity index is 294. The van der Waals surface area contributed by atoms with E-state index in [4.69, 9.17) is 10.5 Å². The summed E-state index contributed by atoms with van der Waals surface area (Å²) in [4.78, 5) is 6.75. The van der Waals surface area contributed by atoms with Gasteiger partial charge in [-0.05, 0) is 37.0 Å². The van der Waals surface area contributed by atoms with Crippen molar-refractivity contribution in [3.63, 3.8) is 0 Å². The molecule has 0 spiro atoms. The summed E-state index contributed by atoms with van der Waals surface area (Å²) in [6.45, 7) is 4.31. The van der Waals surface area contributed by atoms with E-state index in [0.29, 0.717) is 5.41 Å². The molecule has 0 amide bonds. The van der Waals surface area contributed by atoms with Gasteiger partial charge in [-0.25, -0.2) is 0 Å². The van der Waals surface area contributed by atoms with Crippen LogP contribution >= 0.6 is 24.0 Å². The molecule has 1 heterocycles. The molecule has 0 aromatic heterocycles. The van der Waals surface area contributed by atoms with Gasteiger partial charge in [0.2, 0.25) is 0 Å². The molecule has 0 aromatic rings. The molecule has 0 aromatic carbocycles. The fraction of sp³-hybridized carbons (Fsp3) is 0.917. The molecule has 5 heteroatoms. The van der Waals surface area contributed by atoms with Crippen LogP contribution in [-0.4, -0.2) is 43.7 Å². The predicted octanol–water partition coefficient (Wildman–Crippen LogP) is 1.44. The van der Waals surface area contributed by atoms with Gasteiger partial charge in [0.15, 0.2) is 5.96 Å². The highest BCUT2D eigenvalue weighted by Gasteiger charge is 2.53. The summed E-state index contributed by atoms with van der Waals surface area (Å²) in [6.07, 6.45) is 5.59. The van der Waals surface area contributed by atoms with Gasteiger partial charge in [-0.15, -0.1) is 24.0 Å². The van der Waals surface area contributed by atoms with E-state index in [-0.39, 0.29) is 24.0 Å². The van der Waals surface area contributed by atoms with Crippen LogP contribution in [0.4, 0.5) is 0 Å². The molecule has 3 fully saturated rings. The first kappa shape index (κ1) is 13.4. The van der Waals surface area contributed by atoms with Gasteiger partial charge in [-0.3, -0.25) is 4.99 Å². The maximum atomic E-state index is 6.02. The molecule has 4 nitrogen and oxygen atoms in total. The number of nitrogens with two attached hydrogens (primary N) is 1. The number of guanidine groups is 1. The van der Waals surface area contributed by atoms with Gasteiger partial charge in [-0.1, -0.05) is 0 Å². The Morgan fingerprint density at radius 1 is 1.29 bits per heavy atom. The molecule has 0 unspecified atom stereocenters. The third-order valence-corrected chi connectivity index (χ3v) is 4.23. The van der Waals surface area contributed by atoms with Crippen molar-refractivity contribution in [1.29, 1.82) is 0 Å². The minimum absolute atomic E-state index is 0. The smallest absolute Gasteiger partial charge is 0.191 e. The molecular formula is C12H22IN3O. The topological polar surface area (TPSA) is 50.8 Å². The molecule has 17 heavy (non-hydrogen) atoms. The van der Waals surface area contributed by atoms with Crippen LogP contribution in [0.5, 0.6) is 0 Å². The molecule has 2 N–H and O–H groups in total. The second-order valence-corrected chi connectivity index (χ2v) is 5.41. The average Bonchev–Trinajstić information content (AvgIpc) is 3.17. The van der Waals surface area contributed by atoms with Crippen molar-refractivity contribution in [2.24, 2.45) is 22.1 Å². The first-order chi connectivity index (χ1) is 7.80. The highest BCUT2D eigenvalue weighted by Crippen LogP contribution is 2.61. The van der Waals surface area contributed by atoms with Crippen molar-refractivity contribution >= 4 is 29.9 Å². The summed E-state index contributed by atoms with van der Waals surface area (Å²) in [7, 11) is 0. The lowest BCUT2D eigenvalue weighted by Gasteiger charge is -2.28. The van der Waals surface area contributed by atoms with Crippen molar-refractivity contribution in [1.82, 2.24) is 4.90 Å². The van der Waals surface area contributed by atoms with E-state index in [2.05, 4.69) is 9.89 Å². The van der Waals surface area contributed by atoms with E-state index in [1.807, 2.05) is 0 Å². The normalized spacial score (nSPS) is 27.5. The largest absolute Gasteiger partial charge is 0.378 e. The second kappa shape index (κ2) is 5.30. The van der Waals surface area contributed by atoms with E-state index < -0.39 is 0 Å². The zero-order valence-corrected chi connectivity index (χ0v) is 12.6. The number of rotatable bonds is 3. The van der Waals surface area contributed by atoms with Crippen LogP contribution < -0.4 is 5.73 Å². The van der Waals surface area contributed by atoms with E-state index in [1.54, 1.807) is 0 Å². The first-order valence-corrected chi connectivity index (χ1v) is 6.43. The van der Waals surface area contributed by atoms with E-state index in [9.17, 15) is 0 Å². The zero-order valence-electron chi connectivity index (χ0n) is 10.2. The van der Waals surface area contributed by atoms with Crippen molar-refractivity contribution in [3.05, 3.63) is 0 Å². The lowest BCUT2D eigenvalue weighted by Crippen LogP contribution is -2.45. The van der Waals surface area contributed by atoms with Crippen molar-refractivity contribution in [3.8, 4) is 0 Å². The fourth-order valence-electron chi connectivity index (χ4n) is 2.68. The second-order valence-electron chi connectivity index (χ2n) is 5.41. The predicted molar refractivity (Wildman–Crippen MR) is 78.7 cm³/mol. The van der Waals surface area contributed by atoms with Crippen LogP contribution in [0.25, 0.3) is 0 Å². The third kappa shape index (κ3) is 3.05. The van der Waals surface area contributed by atoms with Crippen LogP contribution in [0.15, 0.2) is 4.99 Å². The maximum absolute atomic E-state index is 6.02. The van der Waals surface area contributed by atoms with E-state index in [0.717, 1.165) is 44.7 Å². The summed E-state index contributed by atoms with van der Waals surface area (Å²) in [5.41, 5.74) is 6.59. The maximum Gasteiger partial charge on any atom is 0.191 e. The van der Waals surface area contributed by atoms with Gasteiger partial charge >= 0.3 is 0 Å². The summed E-state index contributed by atoms with van der Waals surface area (Å²) < 4.78 is 5.30. The van der Waals surface area contributed by atoms with E-state index in [1.165, 1.54) is 25.7 Å². The standard InChI is InChI=1S/C12H21N3O.HI/c13-11(15-5-7-16-8-6-15)14-9-12(3-4-12)10-1-2-10;/h10H,1-9H2,(H2,13,14);1H. The van der Waals surface area contributed by atoms with Crippen LogP contribution in [0, 0.1) is 11.3 Å². The number of hydrogen-bond acceptors (Lipinski definition) is 2. The highest BCUT2D eigenvalue weighted by atomic mass is 127. The van der Waals surface area contributed by atoms with Gasteiger partial charge in [-0.2, -0.15) is 0 Å². The number of hydrogen-bond donors (Lipinski definition) is 1. The SMILES string of the molecule is I.NC(=NCC1(C2CC2)CC1)N1CCOCC1. The Morgan fingerprint density at radius 3 is 2.47 bits per heavy atom. The lowest BCUT2D eigenvalue weighted by molar-refractivity contribution is 0.0673. The lowest BCUT2D eigenvalue weighted by atomic mass is 10.0. The highest BCUT2D eigenvalue weighted by molar-refractivity contribution is 14.0. The quantitative estimate of drug-likeness (QED) is 0.476. The number of aliphatic imine (C=N–C) groups is 1. The number of nitrogens with zero attached hydrogens (tertiary/aromatic N) is 2. The Labute approximate surface area is 120 Å². The molecule has 2 saturated carbocycles. The van der Waals surface area contributed by atoms with Crippen LogP contribution in [-0.2, 0) is 4.74 Å². The van der Waals surface area contributed by atoms with Crippen molar-refractivity contribution < 1.29 is 4.74 Å². The summed E-state index contributed by atoms with van der Waals surface area (Å²) in [6, 6.07) is 0. The number of halogens is 1. The molecule has 0 radical (unpaired) electrons. The molecule has 0 bridgehead atoms. The molecule has 0 atom stereocenters. The zero-order chi connectivity index (χ0) is 11.0. The molecular weight excluding hydrogens is 329 g/mol. The molecule has 2 aliphatic carbocycles. The monoisotopic (exact) mass is 351 g/mol. The minimum Gasteiger partial charge on any atom is -0.378 e. The van der Waals surface area contributed by atoms with Gasteiger partial charge in [0.1, 0.15) is 0 Å². The molecule has 1 aliphatic heterocycles. The summed E-state index contributed by atoms with van der Waals surface area (Å²) in [5, 5.41) is 0. The first-order valence-electron chi connectivity index (χ1n) is 6.43. The number of ether oxygens (including phenoxy) is 1. The molecule has 98 valence electrons. The average molecular weight is 351 g/mol. The Balaban J connectivity index is 0.00000108. The Morgan fingerprint density at radius 2 is 1.94 bits per heavy atom. The van der Waals surface area contributed by atoms with Crippen molar-refractivity contribution in [2.75, 3.05) is 32.8 Å².